The van der Waals surface area contributed by atoms with Crippen LogP contribution in [0, 0.1) is 5.92 Å². The molecule has 1 amide bonds. The SMILES string of the molecule is NS(=O)(=O)c1ccc(C(=O)Nc2ccc([C@@H]3C[C@H]3NCC3CC3)cc2)cc1. The Hall–Kier alpha value is -2.22. The van der Waals surface area contributed by atoms with Crippen molar-refractivity contribution >= 4 is 21.6 Å². The first-order chi connectivity index (χ1) is 12.9. The van der Waals surface area contributed by atoms with Gasteiger partial charge in [-0.2, -0.15) is 0 Å². The lowest BCUT2D eigenvalue weighted by molar-refractivity contribution is 0.102. The van der Waals surface area contributed by atoms with Gasteiger partial charge >= 0.3 is 0 Å². The first-order valence-corrected chi connectivity index (χ1v) is 10.7. The van der Waals surface area contributed by atoms with E-state index in [1.54, 1.807) is 0 Å². The number of nitrogens with one attached hydrogen (secondary N) is 2. The molecule has 7 heteroatoms. The molecule has 0 bridgehead atoms. The van der Waals surface area contributed by atoms with E-state index in [2.05, 4.69) is 22.8 Å². The van der Waals surface area contributed by atoms with Crippen molar-refractivity contribution in [2.45, 2.75) is 36.1 Å². The normalized spacial score (nSPS) is 21.7. The summed E-state index contributed by atoms with van der Waals surface area (Å²) in [6.45, 7) is 1.14. The lowest BCUT2D eigenvalue weighted by Gasteiger charge is -2.08. The van der Waals surface area contributed by atoms with Crippen LogP contribution in [0.1, 0.15) is 41.1 Å². The minimum atomic E-state index is -3.76. The molecule has 2 saturated carbocycles. The van der Waals surface area contributed by atoms with Crippen molar-refractivity contribution < 1.29 is 13.2 Å². The van der Waals surface area contributed by atoms with Gasteiger partial charge in [0, 0.05) is 23.2 Å². The zero-order valence-corrected chi connectivity index (χ0v) is 15.7. The van der Waals surface area contributed by atoms with Gasteiger partial charge in [0.25, 0.3) is 5.91 Å². The van der Waals surface area contributed by atoms with E-state index < -0.39 is 10.0 Å². The fraction of sp³-hybridized carbons (Fsp3) is 0.350. The van der Waals surface area contributed by atoms with E-state index in [1.807, 2.05) is 12.1 Å². The molecular weight excluding hydrogens is 362 g/mol. The quantitative estimate of drug-likeness (QED) is 0.681. The molecule has 2 atom stereocenters. The smallest absolute Gasteiger partial charge is 0.255 e. The Morgan fingerprint density at radius 2 is 1.70 bits per heavy atom. The number of benzene rings is 2. The van der Waals surface area contributed by atoms with Gasteiger partial charge in [-0.05, 0) is 73.7 Å². The molecule has 2 aromatic carbocycles. The molecule has 142 valence electrons. The molecule has 2 aliphatic carbocycles. The van der Waals surface area contributed by atoms with Crippen LogP contribution in [0.4, 0.5) is 5.69 Å². The van der Waals surface area contributed by atoms with Gasteiger partial charge in [0.2, 0.25) is 10.0 Å². The van der Waals surface area contributed by atoms with E-state index in [9.17, 15) is 13.2 Å². The van der Waals surface area contributed by atoms with Crippen molar-refractivity contribution in [3.63, 3.8) is 0 Å². The number of sulfonamides is 1. The molecule has 0 unspecified atom stereocenters. The predicted octanol–water partition coefficient (Wildman–Crippen LogP) is 2.44. The van der Waals surface area contributed by atoms with Crippen LogP contribution in [0.25, 0.3) is 0 Å². The maximum Gasteiger partial charge on any atom is 0.255 e. The average molecular weight is 385 g/mol. The highest BCUT2D eigenvalue weighted by Gasteiger charge is 2.38. The molecule has 0 heterocycles. The van der Waals surface area contributed by atoms with Crippen LogP contribution in [-0.4, -0.2) is 26.9 Å². The standard InChI is InChI=1S/C20H23N3O3S/c21-27(25,26)17-9-5-15(6-10-17)20(24)23-16-7-3-14(4-8-16)18-11-19(18)22-12-13-1-2-13/h3-10,13,18-19,22H,1-2,11-12H2,(H,23,24)(H2,21,25,26)/t18-,19+/m0/s1. The summed E-state index contributed by atoms with van der Waals surface area (Å²) in [5.74, 6) is 1.17. The van der Waals surface area contributed by atoms with Crippen molar-refractivity contribution in [3.05, 3.63) is 59.7 Å². The maximum atomic E-state index is 12.3. The summed E-state index contributed by atoms with van der Waals surface area (Å²) in [5.41, 5.74) is 2.37. The fourth-order valence-electron chi connectivity index (χ4n) is 3.24. The number of amides is 1. The molecule has 0 saturated heterocycles. The highest BCUT2D eigenvalue weighted by molar-refractivity contribution is 7.89. The average Bonchev–Trinajstić information content (AvgIpc) is 3.54. The number of carbonyl (C=O) groups is 1. The number of nitrogens with two attached hydrogens (primary N) is 1. The van der Waals surface area contributed by atoms with E-state index in [0.717, 1.165) is 12.5 Å². The molecule has 4 N–H and O–H groups in total. The van der Waals surface area contributed by atoms with Crippen LogP contribution in [0.15, 0.2) is 53.4 Å². The number of hydrogen-bond acceptors (Lipinski definition) is 4. The van der Waals surface area contributed by atoms with Crippen LogP contribution >= 0.6 is 0 Å². The Bertz CT molecular complexity index is 935. The largest absolute Gasteiger partial charge is 0.322 e. The summed E-state index contributed by atoms with van der Waals surface area (Å²) >= 11 is 0. The Labute approximate surface area is 159 Å². The van der Waals surface area contributed by atoms with E-state index >= 15 is 0 Å². The second-order valence-electron chi connectivity index (χ2n) is 7.45. The van der Waals surface area contributed by atoms with Crippen molar-refractivity contribution in [2.75, 3.05) is 11.9 Å². The molecule has 6 nitrogen and oxygen atoms in total. The monoisotopic (exact) mass is 385 g/mol. The number of anilines is 1. The highest BCUT2D eigenvalue weighted by atomic mass is 32.2. The highest BCUT2D eigenvalue weighted by Crippen LogP contribution is 2.41. The number of primary sulfonamides is 1. The van der Waals surface area contributed by atoms with Crippen LogP contribution < -0.4 is 15.8 Å². The lowest BCUT2D eigenvalue weighted by atomic mass is 10.1. The van der Waals surface area contributed by atoms with Crippen LogP contribution in [0.5, 0.6) is 0 Å². The van der Waals surface area contributed by atoms with Gasteiger partial charge in [-0.1, -0.05) is 12.1 Å². The second-order valence-corrected chi connectivity index (χ2v) is 9.01. The van der Waals surface area contributed by atoms with Crippen molar-refractivity contribution in [3.8, 4) is 0 Å². The maximum absolute atomic E-state index is 12.3. The number of hydrogen-bond donors (Lipinski definition) is 3. The van der Waals surface area contributed by atoms with Gasteiger partial charge in [-0.25, -0.2) is 13.6 Å². The lowest BCUT2D eigenvalue weighted by Crippen LogP contribution is -2.20. The van der Waals surface area contributed by atoms with E-state index in [0.29, 0.717) is 23.2 Å². The molecule has 4 rings (SSSR count). The second kappa shape index (κ2) is 7.07. The Kier molecular flexibility index (Phi) is 4.75. The van der Waals surface area contributed by atoms with Crippen molar-refractivity contribution in [1.29, 1.82) is 0 Å². The summed E-state index contributed by atoms with van der Waals surface area (Å²) in [5, 5.41) is 11.5. The molecule has 27 heavy (non-hydrogen) atoms. The molecule has 0 aliphatic heterocycles. The van der Waals surface area contributed by atoms with E-state index in [-0.39, 0.29) is 10.8 Å². The summed E-state index contributed by atoms with van der Waals surface area (Å²) in [4.78, 5) is 12.3. The van der Waals surface area contributed by atoms with Crippen LogP contribution in [0.2, 0.25) is 0 Å². The zero-order chi connectivity index (χ0) is 19.0. The van der Waals surface area contributed by atoms with Gasteiger partial charge in [0.05, 0.1) is 4.90 Å². The summed E-state index contributed by atoms with van der Waals surface area (Å²) in [7, 11) is -3.76. The van der Waals surface area contributed by atoms with Crippen LogP contribution in [0.3, 0.4) is 0 Å². The molecule has 0 aromatic heterocycles. The summed E-state index contributed by atoms with van der Waals surface area (Å²) < 4.78 is 22.5. The molecule has 0 spiro atoms. The first-order valence-electron chi connectivity index (χ1n) is 9.18. The van der Waals surface area contributed by atoms with E-state index in [4.69, 9.17) is 5.14 Å². The van der Waals surface area contributed by atoms with Crippen molar-refractivity contribution in [2.24, 2.45) is 11.1 Å². The molecule has 2 aromatic rings. The predicted molar refractivity (Wildman–Crippen MR) is 104 cm³/mol. The molecular formula is C20H23N3O3S. The fourth-order valence-corrected chi connectivity index (χ4v) is 3.76. The molecule has 2 fully saturated rings. The Balaban J connectivity index is 1.33. The summed E-state index contributed by atoms with van der Waals surface area (Å²) in [6.07, 6.45) is 3.90. The van der Waals surface area contributed by atoms with Crippen molar-refractivity contribution in [1.82, 2.24) is 5.32 Å². The third-order valence-electron chi connectivity index (χ3n) is 5.20. The third kappa shape index (κ3) is 4.55. The molecule has 2 aliphatic rings. The minimum absolute atomic E-state index is 0.0160. The van der Waals surface area contributed by atoms with Gasteiger partial charge in [-0.15, -0.1) is 0 Å². The van der Waals surface area contributed by atoms with E-state index in [1.165, 1.54) is 49.1 Å². The summed E-state index contributed by atoms with van der Waals surface area (Å²) in [6, 6.07) is 14.1. The Morgan fingerprint density at radius 1 is 1.04 bits per heavy atom. The first kappa shape index (κ1) is 18.2. The van der Waals surface area contributed by atoms with Gasteiger partial charge < -0.3 is 10.6 Å². The topological polar surface area (TPSA) is 101 Å². The zero-order valence-electron chi connectivity index (χ0n) is 14.9. The Morgan fingerprint density at radius 3 is 2.30 bits per heavy atom. The minimum Gasteiger partial charge on any atom is -0.322 e. The molecule has 0 radical (unpaired) electrons. The van der Waals surface area contributed by atoms with Gasteiger partial charge in [0.15, 0.2) is 0 Å². The van der Waals surface area contributed by atoms with Gasteiger partial charge in [-0.3, -0.25) is 4.79 Å². The van der Waals surface area contributed by atoms with Crippen LogP contribution in [-0.2, 0) is 10.0 Å². The third-order valence-corrected chi connectivity index (χ3v) is 6.13. The van der Waals surface area contributed by atoms with Gasteiger partial charge in [0.1, 0.15) is 0 Å². The number of rotatable bonds is 7. The number of carbonyl (C=O) groups excluding carboxylic acids is 1.